The van der Waals surface area contributed by atoms with Crippen LogP contribution in [0.2, 0.25) is 5.15 Å². The van der Waals surface area contributed by atoms with Crippen molar-refractivity contribution in [2.45, 2.75) is 12.7 Å². The molecule has 0 spiro atoms. The number of hydrogen-bond donors (Lipinski definition) is 1. The number of methoxy groups -OCH3 is 2. The highest BCUT2D eigenvalue weighted by molar-refractivity contribution is 7.88. The van der Waals surface area contributed by atoms with E-state index >= 15 is 0 Å². The van der Waals surface area contributed by atoms with Crippen LogP contribution in [0.5, 0.6) is 17.4 Å². The number of primary sulfonamides is 1. The molecular formula is C21H21ClN6O5S. The fourth-order valence-corrected chi connectivity index (χ4v) is 4.24. The summed E-state index contributed by atoms with van der Waals surface area (Å²) in [6.45, 7) is 2.29. The molecule has 0 bridgehead atoms. The molecule has 0 unspecified atom stereocenters. The molecule has 0 aliphatic rings. The molecule has 3 aromatic heterocycles. The Morgan fingerprint density at radius 3 is 2.29 bits per heavy atom. The van der Waals surface area contributed by atoms with Crippen LogP contribution in [-0.2, 0) is 15.8 Å². The van der Waals surface area contributed by atoms with Crippen LogP contribution in [0, 0.1) is 0 Å². The zero-order valence-electron chi connectivity index (χ0n) is 18.5. The van der Waals surface area contributed by atoms with Gasteiger partial charge in [-0.25, -0.2) is 33.5 Å². The quantitative estimate of drug-likeness (QED) is 0.382. The van der Waals surface area contributed by atoms with E-state index in [1.807, 2.05) is 6.92 Å². The van der Waals surface area contributed by atoms with Gasteiger partial charge in [0.05, 0.1) is 26.5 Å². The van der Waals surface area contributed by atoms with Crippen LogP contribution in [-0.4, -0.2) is 53.7 Å². The Bertz CT molecular complexity index is 1450. The standard InChI is InChI=1S/C21H21ClN6O5S/c1-4-33-16-10-5-7-12(24-16)20-27-19-21(26-18(22)13(25-19)11-34(23,29)30)28(20)17-14(31-2)8-6-9-15(17)32-3/h5-10H,4,11H2,1-3H3,(H2,23,29,30). The number of pyridine rings is 1. The maximum atomic E-state index is 11.6. The molecule has 2 N–H and O–H groups in total. The average molecular weight is 505 g/mol. The van der Waals surface area contributed by atoms with E-state index in [-0.39, 0.29) is 22.1 Å². The SMILES string of the molecule is CCOc1cccc(-c2nc3nc(CS(N)(=O)=O)c(Cl)nc3n2-c2c(OC)cccc2OC)n1. The van der Waals surface area contributed by atoms with Gasteiger partial charge in [0.1, 0.15) is 28.6 Å². The normalized spacial score (nSPS) is 11.6. The first-order chi connectivity index (χ1) is 16.3. The lowest BCUT2D eigenvalue weighted by Crippen LogP contribution is -2.16. The number of ether oxygens (including phenoxy) is 3. The molecule has 0 saturated carbocycles. The number of benzene rings is 1. The second kappa shape index (κ2) is 9.41. The fraction of sp³-hybridized carbons (Fsp3) is 0.238. The van der Waals surface area contributed by atoms with E-state index < -0.39 is 15.8 Å². The van der Waals surface area contributed by atoms with Crippen molar-refractivity contribution in [3.63, 3.8) is 0 Å². The van der Waals surface area contributed by atoms with Gasteiger partial charge in [-0.1, -0.05) is 23.7 Å². The van der Waals surface area contributed by atoms with Gasteiger partial charge in [0.2, 0.25) is 15.9 Å². The monoisotopic (exact) mass is 504 g/mol. The van der Waals surface area contributed by atoms with Crippen molar-refractivity contribution in [3.05, 3.63) is 47.2 Å². The lowest BCUT2D eigenvalue weighted by molar-refractivity contribution is 0.327. The van der Waals surface area contributed by atoms with Crippen molar-refractivity contribution >= 4 is 32.9 Å². The lowest BCUT2D eigenvalue weighted by atomic mass is 10.2. The van der Waals surface area contributed by atoms with Crippen LogP contribution < -0.4 is 19.3 Å². The number of nitrogens with two attached hydrogens (primary N) is 1. The minimum Gasteiger partial charge on any atom is -0.494 e. The van der Waals surface area contributed by atoms with E-state index in [2.05, 4.69) is 19.9 Å². The summed E-state index contributed by atoms with van der Waals surface area (Å²) >= 11 is 6.30. The molecule has 0 atom stereocenters. The summed E-state index contributed by atoms with van der Waals surface area (Å²) in [6.07, 6.45) is 0. The number of sulfonamides is 1. The van der Waals surface area contributed by atoms with Crippen molar-refractivity contribution in [2.75, 3.05) is 20.8 Å². The number of hydrogen-bond acceptors (Lipinski definition) is 9. The van der Waals surface area contributed by atoms with Gasteiger partial charge in [-0.15, -0.1) is 0 Å². The van der Waals surface area contributed by atoms with Gasteiger partial charge in [0.15, 0.2) is 22.3 Å². The second-order valence-electron chi connectivity index (χ2n) is 6.99. The second-order valence-corrected chi connectivity index (χ2v) is 8.96. The van der Waals surface area contributed by atoms with Crippen LogP contribution >= 0.6 is 11.6 Å². The molecule has 0 radical (unpaired) electrons. The van der Waals surface area contributed by atoms with Gasteiger partial charge in [0, 0.05) is 6.07 Å². The molecule has 178 valence electrons. The van der Waals surface area contributed by atoms with E-state index in [9.17, 15) is 8.42 Å². The van der Waals surface area contributed by atoms with E-state index in [0.29, 0.717) is 41.2 Å². The highest BCUT2D eigenvalue weighted by Crippen LogP contribution is 2.38. The molecule has 0 fully saturated rings. The maximum absolute atomic E-state index is 11.6. The Labute approximate surface area is 200 Å². The van der Waals surface area contributed by atoms with Crippen molar-refractivity contribution in [1.82, 2.24) is 24.5 Å². The third-order valence-corrected chi connectivity index (χ3v) is 5.71. The first-order valence-corrected chi connectivity index (χ1v) is 12.1. The third kappa shape index (κ3) is 4.60. The summed E-state index contributed by atoms with van der Waals surface area (Å²) in [6, 6.07) is 10.5. The predicted octanol–water partition coefficient (Wildman–Crippen LogP) is 2.74. The van der Waals surface area contributed by atoms with Gasteiger partial charge in [-0.3, -0.25) is 4.57 Å². The highest BCUT2D eigenvalue weighted by Gasteiger charge is 2.25. The zero-order valence-corrected chi connectivity index (χ0v) is 20.1. The fourth-order valence-electron chi connectivity index (χ4n) is 3.39. The van der Waals surface area contributed by atoms with Gasteiger partial charge < -0.3 is 14.2 Å². The number of imidazole rings is 1. The Hall–Kier alpha value is -3.48. The van der Waals surface area contributed by atoms with Crippen LogP contribution in [0.4, 0.5) is 0 Å². The average Bonchev–Trinajstić information content (AvgIpc) is 3.15. The van der Waals surface area contributed by atoms with Gasteiger partial charge in [-0.05, 0) is 25.1 Å². The molecule has 0 saturated heterocycles. The molecule has 13 heteroatoms. The molecule has 4 aromatic rings. The molecule has 34 heavy (non-hydrogen) atoms. The maximum Gasteiger partial charge on any atom is 0.214 e. The van der Waals surface area contributed by atoms with Crippen LogP contribution in [0.1, 0.15) is 12.6 Å². The molecular weight excluding hydrogens is 484 g/mol. The molecule has 1 aromatic carbocycles. The summed E-state index contributed by atoms with van der Waals surface area (Å²) in [4.78, 5) is 17.9. The number of halogens is 1. The topological polar surface area (TPSA) is 144 Å². The Morgan fingerprint density at radius 2 is 1.68 bits per heavy atom. The van der Waals surface area contributed by atoms with Crippen molar-refractivity contribution in [3.8, 4) is 34.6 Å². The van der Waals surface area contributed by atoms with Crippen molar-refractivity contribution in [1.29, 1.82) is 0 Å². The minimum absolute atomic E-state index is 0.0177. The molecule has 0 aliphatic carbocycles. The van der Waals surface area contributed by atoms with Gasteiger partial charge in [-0.2, -0.15) is 0 Å². The number of para-hydroxylation sites is 1. The highest BCUT2D eigenvalue weighted by atomic mass is 35.5. The lowest BCUT2D eigenvalue weighted by Gasteiger charge is -2.16. The van der Waals surface area contributed by atoms with Crippen LogP contribution in [0.3, 0.4) is 0 Å². The first kappa shape index (κ1) is 23.7. The Balaban J connectivity index is 2.08. The summed E-state index contributed by atoms with van der Waals surface area (Å²) in [5.41, 5.74) is 1.29. The number of aromatic nitrogens is 5. The predicted molar refractivity (Wildman–Crippen MR) is 126 cm³/mol. The summed E-state index contributed by atoms with van der Waals surface area (Å²) in [7, 11) is -0.856. The smallest absolute Gasteiger partial charge is 0.214 e. The van der Waals surface area contributed by atoms with Crippen molar-refractivity contribution < 1.29 is 22.6 Å². The molecule has 4 rings (SSSR count). The van der Waals surface area contributed by atoms with Gasteiger partial charge >= 0.3 is 0 Å². The van der Waals surface area contributed by atoms with Gasteiger partial charge in [0.25, 0.3) is 0 Å². The number of fused-ring (bicyclic) bond motifs is 1. The molecule has 0 aliphatic heterocycles. The van der Waals surface area contributed by atoms with Crippen LogP contribution in [0.25, 0.3) is 28.5 Å². The molecule has 0 amide bonds. The van der Waals surface area contributed by atoms with E-state index in [1.165, 1.54) is 14.2 Å². The Kier molecular flexibility index (Phi) is 6.55. The van der Waals surface area contributed by atoms with Crippen LogP contribution in [0.15, 0.2) is 36.4 Å². The Morgan fingerprint density at radius 1 is 1.00 bits per heavy atom. The summed E-state index contributed by atoms with van der Waals surface area (Å²) in [5, 5.41) is 5.06. The van der Waals surface area contributed by atoms with Crippen molar-refractivity contribution in [2.24, 2.45) is 5.14 Å². The minimum atomic E-state index is -3.90. The number of rotatable bonds is 8. The van der Waals surface area contributed by atoms with E-state index in [0.717, 1.165) is 0 Å². The first-order valence-electron chi connectivity index (χ1n) is 10.0. The summed E-state index contributed by atoms with van der Waals surface area (Å²) < 4.78 is 41.6. The van der Waals surface area contributed by atoms with E-state index in [1.54, 1.807) is 41.0 Å². The van der Waals surface area contributed by atoms with E-state index in [4.69, 9.17) is 31.0 Å². The number of nitrogens with zero attached hydrogens (tertiary/aromatic N) is 5. The summed E-state index contributed by atoms with van der Waals surface area (Å²) in [5.74, 6) is 1.08. The zero-order chi connectivity index (χ0) is 24.5. The molecule has 11 nitrogen and oxygen atoms in total. The third-order valence-electron chi connectivity index (χ3n) is 4.73. The largest absolute Gasteiger partial charge is 0.494 e. The molecule has 3 heterocycles.